The quantitative estimate of drug-likeness (QED) is 0.721. The van der Waals surface area contributed by atoms with Crippen LogP contribution in [0.3, 0.4) is 0 Å². The largest absolute Gasteiger partial charge is 0.455 e. The number of hydrogen-bond acceptors (Lipinski definition) is 5. The van der Waals surface area contributed by atoms with E-state index < -0.39 is 11.9 Å². The van der Waals surface area contributed by atoms with E-state index in [1.165, 1.54) is 11.3 Å². The fourth-order valence-corrected chi connectivity index (χ4v) is 3.03. The van der Waals surface area contributed by atoms with E-state index in [0.717, 1.165) is 4.88 Å². The lowest BCUT2D eigenvalue weighted by atomic mass is 10.2. The fraction of sp³-hybridized carbons (Fsp3) is 0.316. The summed E-state index contributed by atoms with van der Waals surface area (Å²) < 4.78 is 4.97. The van der Waals surface area contributed by atoms with Crippen molar-refractivity contribution in [1.82, 2.24) is 4.90 Å². The maximum Gasteiger partial charge on any atom is 0.311 e. The molecule has 1 N–H and O–H groups in total. The molecule has 0 unspecified atom stereocenters. The number of amides is 2. The second-order valence-corrected chi connectivity index (χ2v) is 6.55. The van der Waals surface area contributed by atoms with Gasteiger partial charge in [-0.05, 0) is 49.6 Å². The number of esters is 1. The summed E-state index contributed by atoms with van der Waals surface area (Å²) in [6.45, 7) is 4.80. The molecule has 0 spiro atoms. The molecule has 2 rings (SSSR count). The van der Waals surface area contributed by atoms with Crippen molar-refractivity contribution in [3.8, 4) is 0 Å². The lowest BCUT2D eigenvalue weighted by Gasteiger charge is -2.18. The van der Waals surface area contributed by atoms with Crippen molar-refractivity contribution in [1.29, 1.82) is 0 Å². The minimum absolute atomic E-state index is 0.0459. The van der Waals surface area contributed by atoms with Crippen LogP contribution in [-0.2, 0) is 20.7 Å². The molecule has 1 aromatic heterocycles. The van der Waals surface area contributed by atoms with E-state index in [9.17, 15) is 14.4 Å². The predicted molar refractivity (Wildman–Crippen MR) is 101 cm³/mol. The van der Waals surface area contributed by atoms with Gasteiger partial charge in [0, 0.05) is 29.2 Å². The van der Waals surface area contributed by atoms with Gasteiger partial charge in [0.2, 0.25) is 0 Å². The van der Waals surface area contributed by atoms with Crippen LogP contribution in [0.1, 0.15) is 29.1 Å². The van der Waals surface area contributed by atoms with Crippen LogP contribution in [0.15, 0.2) is 41.8 Å². The number of carbonyl (C=O) groups is 3. The van der Waals surface area contributed by atoms with Gasteiger partial charge in [-0.25, -0.2) is 0 Å². The molecule has 1 aromatic carbocycles. The van der Waals surface area contributed by atoms with Gasteiger partial charge in [0.1, 0.15) is 0 Å². The molecule has 7 heteroatoms. The Bertz CT molecular complexity index is 737. The molecule has 2 aromatic rings. The summed E-state index contributed by atoms with van der Waals surface area (Å²) in [5.41, 5.74) is 1.11. The third-order valence-electron chi connectivity index (χ3n) is 3.73. The van der Waals surface area contributed by atoms with E-state index in [1.54, 1.807) is 29.2 Å². The van der Waals surface area contributed by atoms with Crippen LogP contribution in [0, 0.1) is 0 Å². The number of hydrogen-bond donors (Lipinski definition) is 1. The second-order valence-electron chi connectivity index (χ2n) is 5.52. The highest BCUT2D eigenvalue weighted by atomic mass is 32.1. The zero-order chi connectivity index (χ0) is 18.9. The van der Waals surface area contributed by atoms with E-state index in [1.807, 2.05) is 31.4 Å². The second kappa shape index (κ2) is 9.72. The van der Waals surface area contributed by atoms with Crippen LogP contribution in [-0.4, -0.2) is 42.4 Å². The Kier molecular flexibility index (Phi) is 7.35. The molecule has 0 fully saturated rings. The average molecular weight is 374 g/mol. The van der Waals surface area contributed by atoms with E-state index in [2.05, 4.69) is 5.32 Å². The molecule has 0 radical (unpaired) electrons. The van der Waals surface area contributed by atoms with Gasteiger partial charge in [-0.1, -0.05) is 6.07 Å². The van der Waals surface area contributed by atoms with Crippen LogP contribution in [0.2, 0.25) is 0 Å². The van der Waals surface area contributed by atoms with Gasteiger partial charge < -0.3 is 15.0 Å². The highest BCUT2D eigenvalue weighted by molar-refractivity contribution is 7.10. The van der Waals surface area contributed by atoms with Crippen LogP contribution in [0.25, 0.3) is 0 Å². The molecule has 1 heterocycles. The number of benzene rings is 1. The molecule has 26 heavy (non-hydrogen) atoms. The molecule has 0 saturated carbocycles. The molecule has 138 valence electrons. The number of anilines is 1. The summed E-state index contributed by atoms with van der Waals surface area (Å²) in [6, 6.07) is 10.3. The first kappa shape index (κ1) is 19.7. The van der Waals surface area contributed by atoms with Crippen LogP contribution in [0.5, 0.6) is 0 Å². The lowest BCUT2D eigenvalue weighted by molar-refractivity contribution is -0.146. The Morgan fingerprint density at radius 2 is 1.77 bits per heavy atom. The van der Waals surface area contributed by atoms with Gasteiger partial charge in [-0.15, -0.1) is 11.3 Å². The molecular formula is C19H22N2O4S. The van der Waals surface area contributed by atoms with E-state index >= 15 is 0 Å². The van der Waals surface area contributed by atoms with Gasteiger partial charge in [0.15, 0.2) is 6.61 Å². The van der Waals surface area contributed by atoms with Crippen molar-refractivity contribution in [2.45, 2.75) is 20.3 Å². The number of thiophene rings is 1. The first-order valence-corrected chi connectivity index (χ1v) is 9.28. The Balaban J connectivity index is 1.81. The Hall–Kier alpha value is -2.67. The SMILES string of the molecule is CCN(CC)C(=O)c1ccc(NC(=O)COC(=O)Cc2cccs2)cc1. The molecule has 6 nitrogen and oxygen atoms in total. The predicted octanol–water partition coefficient (Wildman–Crippen LogP) is 2.95. The smallest absolute Gasteiger partial charge is 0.311 e. The van der Waals surface area contributed by atoms with Crippen LogP contribution >= 0.6 is 11.3 Å². The van der Waals surface area contributed by atoms with Crippen molar-refractivity contribution in [2.24, 2.45) is 0 Å². The molecule has 0 aliphatic rings. The van der Waals surface area contributed by atoms with Gasteiger partial charge in [-0.2, -0.15) is 0 Å². The molecular weight excluding hydrogens is 352 g/mol. The van der Waals surface area contributed by atoms with Crippen LogP contribution < -0.4 is 5.32 Å². The molecule has 0 bridgehead atoms. The summed E-state index contributed by atoms with van der Waals surface area (Å²) in [5, 5.41) is 4.52. The highest BCUT2D eigenvalue weighted by Gasteiger charge is 2.13. The third-order valence-corrected chi connectivity index (χ3v) is 4.61. The first-order valence-electron chi connectivity index (χ1n) is 8.40. The molecule has 0 aliphatic carbocycles. The molecule has 0 saturated heterocycles. The van der Waals surface area contributed by atoms with Crippen molar-refractivity contribution < 1.29 is 19.1 Å². The molecule has 0 aliphatic heterocycles. The maximum atomic E-state index is 12.2. The first-order chi connectivity index (χ1) is 12.5. The Labute approximate surface area is 156 Å². The van der Waals surface area contributed by atoms with Gasteiger partial charge in [0.25, 0.3) is 11.8 Å². The monoisotopic (exact) mass is 374 g/mol. The van der Waals surface area contributed by atoms with Gasteiger partial charge in [-0.3, -0.25) is 14.4 Å². The lowest BCUT2D eigenvalue weighted by Crippen LogP contribution is -2.30. The average Bonchev–Trinajstić information content (AvgIpc) is 3.14. The van der Waals surface area contributed by atoms with Crippen molar-refractivity contribution in [2.75, 3.05) is 25.0 Å². The standard InChI is InChI=1S/C19H22N2O4S/c1-3-21(4-2)19(24)14-7-9-15(10-8-14)20-17(22)13-25-18(23)12-16-6-5-11-26-16/h5-11H,3-4,12-13H2,1-2H3,(H,20,22). The van der Waals surface area contributed by atoms with Crippen molar-refractivity contribution in [3.05, 3.63) is 52.2 Å². The summed E-state index contributed by atoms with van der Waals surface area (Å²) >= 11 is 1.46. The summed E-state index contributed by atoms with van der Waals surface area (Å²) in [7, 11) is 0. The topological polar surface area (TPSA) is 75.7 Å². The number of ether oxygens (including phenoxy) is 1. The zero-order valence-electron chi connectivity index (χ0n) is 14.9. The normalized spacial score (nSPS) is 10.2. The van der Waals surface area contributed by atoms with Crippen LogP contribution in [0.4, 0.5) is 5.69 Å². The Morgan fingerprint density at radius 1 is 1.08 bits per heavy atom. The van der Waals surface area contributed by atoms with Crippen molar-refractivity contribution >= 4 is 34.8 Å². The number of nitrogens with one attached hydrogen (secondary N) is 1. The number of carbonyl (C=O) groups excluding carboxylic acids is 3. The number of rotatable bonds is 8. The van der Waals surface area contributed by atoms with E-state index in [-0.39, 0.29) is 18.9 Å². The molecule has 2 amide bonds. The van der Waals surface area contributed by atoms with Gasteiger partial charge in [0.05, 0.1) is 6.42 Å². The zero-order valence-corrected chi connectivity index (χ0v) is 15.7. The maximum absolute atomic E-state index is 12.2. The number of nitrogens with zero attached hydrogens (tertiary/aromatic N) is 1. The third kappa shape index (κ3) is 5.70. The summed E-state index contributed by atoms with van der Waals surface area (Å²) in [4.78, 5) is 38.4. The fourth-order valence-electron chi connectivity index (χ4n) is 2.34. The summed E-state index contributed by atoms with van der Waals surface area (Å²) in [6.07, 6.45) is 0.160. The van der Waals surface area contributed by atoms with Gasteiger partial charge >= 0.3 is 5.97 Å². The molecule has 0 atom stereocenters. The van der Waals surface area contributed by atoms with E-state index in [4.69, 9.17) is 4.74 Å². The highest BCUT2D eigenvalue weighted by Crippen LogP contribution is 2.12. The van der Waals surface area contributed by atoms with Crippen molar-refractivity contribution in [3.63, 3.8) is 0 Å². The summed E-state index contributed by atoms with van der Waals surface area (Å²) in [5.74, 6) is -0.912. The minimum atomic E-state index is -0.442. The van der Waals surface area contributed by atoms with E-state index in [0.29, 0.717) is 24.3 Å². The minimum Gasteiger partial charge on any atom is -0.455 e. The Morgan fingerprint density at radius 3 is 2.35 bits per heavy atom.